The van der Waals surface area contributed by atoms with E-state index in [1.807, 2.05) is 31.3 Å². The van der Waals surface area contributed by atoms with Gasteiger partial charge in [0.25, 0.3) is 0 Å². The van der Waals surface area contributed by atoms with E-state index in [1.165, 1.54) is 5.69 Å². The van der Waals surface area contributed by atoms with Gasteiger partial charge in [0.2, 0.25) is 0 Å². The average molecular weight is 386 g/mol. The van der Waals surface area contributed by atoms with Crippen LogP contribution < -0.4 is 10.2 Å². The van der Waals surface area contributed by atoms with Crippen molar-refractivity contribution in [1.29, 1.82) is 0 Å². The summed E-state index contributed by atoms with van der Waals surface area (Å²) < 4.78 is 2.13. The quantitative estimate of drug-likeness (QED) is 0.564. The first-order valence-electron chi connectivity index (χ1n) is 9.69. The first-order chi connectivity index (χ1) is 14.2. The second kappa shape index (κ2) is 7.12. The van der Waals surface area contributed by atoms with E-state index in [1.54, 1.807) is 18.7 Å². The highest BCUT2D eigenvalue weighted by Gasteiger charge is 2.28. The lowest BCUT2D eigenvalue weighted by Crippen LogP contribution is -2.50. The zero-order valence-corrected chi connectivity index (χ0v) is 16.4. The monoisotopic (exact) mass is 386 g/mol. The van der Waals surface area contributed by atoms with Gasteiger partial charge in [-0.05, 0) is 37.3 Å². The van der Waals surface area contributed by atoms with Crippen LogP contribution in [0.2, 0.25) is 0 Å². The van der Waals surface area contributed by atoms with E-state index in [9.17, 15) is 0 Å². The van der Waals surface area contributed by atoms with Crippen LogP contribution in [0.3, 0.4) is 0 Å². The van der Waals surface area contributed by atoms with Crippen molar-refractivity contribution >= 4 is 22.7 Å². The number of aryl methyl sites for hydroxylation is 2. The summed E-state index contributed by atoms with van der Waals surface area (Å²) in [5, 5.41) is 12.3. The largest absolute Gasteiger partial charge is 0.368 e. The molecule has 1 saturated heterocycles. The molecule has 1 aliphatic rings. The van der Waals surface area contributed by atoms with Gasteiger partial charge in [0.05, 0.1) is 11.2 Å². The Morgan fingerprint density at radius 2 is 1.90 bits per heavy atom. The molecule has 0 bridgehead atoms. The highest BCUT2D eigenvalue weighted by atomic mass is 15.3. The minimum atomic E-state index is 0.544. The Bertz CT molecular complexity index is 1130. The van der Waals surface area contributed by atoms with Gasteiger partial charge < -0.3 is 14.8 Å². The molecule has 1 aliphatic heterocycles. The van der Waals surface area contributed by atoms with Gasteiger partial charge in [-0.15, -0.1) is 10.2 Å². The van der Waals surface area contributed by atoms with Crippen LogP contribution in [0.5, 0.6) is 0 Å². The zero-order chi connectivity index (χ0) is 19.8. The summed E-state index contributed by atoms with van der Waals surface area (Å²) in [4.78, 5) is 15.1. The van der Waals surface area contributed by atoms with Crippen LogP contribution >= 0.6 is 0 Å². The third kappa shape index (κ3) is 3.26. The molecule has 4 aromatic rings. The summed E-state index contributed by atoms with van der Waals surface area (Å²) in [5.41, 5.74) is 5.09. The molecule has 0 radical (unpaired) electrons. The Morgan fingerprint density at radius 3 is 2.66 bits per heavy atom. The molecule has 29 heavy (non-hydrogen) atoms. The van der Waals surface area contributed by atoms with Gasteiger partial charge in [0.1, 0.15) is 11.8 Å². The smallest absolute Gasteiger partial charge is 0.154 e. The van der Waals surface area contributed by atoms with Crippen molar-refractivity contribution in [3.63, 3.8) is 0 Å². The Balaban J connectivity index is 1.20. The third-order valence-electron chi connectivity index (χ3n) is 5.53. The van der Waals surface area contributed by atoms with E-state index in [-0.39, 0.29) is 0 Å². The van der Waals surface area contributed by atoms with E-state index in [4.69, 9.17) is 0 Å². The lowest BCUT2D eigenvalue weighted by molar-refractivity contribution is 0.425. The molecule has 8 heteroatoms. The van der Waals surface area contributed by atoms with E-state index >= 15 is 0 Å². The van der Waals surface area contributed by atoms with E-state index in [0.717, 1.165) is 53.6 Å². The molecular weight excluding hydrogens is 364 g/mol. The van der Waals surface area contributed by atoms with Crippen molar-refractivity contribution in [1.82, 2.24) is 29.7 Å². The van der Waals surface area contributed by atoms with Crippen LogP contribution in [0.4, 0.5) is 11.6 Å². The summed E-state index contributed by atoms with van der Waals surface area (Å²) in [5.74, 6) is 2.36. The second-order valence-corrected chi connectivity index (χ2v) is 7.47. The molecule has 0 saturated carbocycles. The lowest BCUT2D eigenvalue weighted by Gasteiger charge is -2.40. The highest BCUT2D eigenvalue weighted by Crippen LogP contribution is 2.26. The van der Waals surface area contributed by atoms with Crippen molar-refractivity contribution in [2.24, 2.45) is 13.0 Å². The molecule has 0 unspecified atom stereocenters. The number of hydrogen-bond acceptors (Lipinski definition) is 7. The Morgan fingerprint density at radius 1 is 1.07 bits per heavy atom. The lowest BCUT2D eigenvalue weighted by atomic mass is 10.0. The molecular formula is C21H22N8. The molecule has 1 N–H and O–H groups in total. The van der Waals surface area contributed by atoms with E-state index in [2.05, 4.69) is 52.9 Å². The molecule has 0 aliphatic carbocycles. The molecule has 4 aromatic heterocycles. The summed E-state index contributed by atoms with van der Waals surface area (Å²) in [6, 6.07) is 10.0. The van der Waals surface area contributed by atoms with Gasteiger partial charge in [-0.1, -0.05) is 0 Å². The maximum atomic E-state index is 4.44. The molecule has 0 spiro atoms. The summed E-state index contributed by atoms with van der Waals surface area (Å²) in [6.07, 6.45) is 5.15. The fraction of sp³-hybridized carbons (Fsp3) is 0.286. The molecule has 0 aromatic carbocycles. The Hall–Kier alpha value is -3.55. The van der Waals surface area contributed by atoms with Crippen molar-refractivity contribution < 1.29 is 0 Å². The number of fused-ring (bicyclic) bond motifs is 1. The number of rotatable bonds is 5. The standard InChI is InChI=1S/C21H22N8/c1-14-9-18-20(28(14)2)21(25-13-24-18)23-10-15-11-29(12-15)19-4-3-17(26-27-19)16-5-7-22-8-6-16/h3-9,13,15H,10-12H2,1-2H3,(H,23,24,25). The first kappa shape index (κ1) is 17.5. The van der Waals surface area contributed by atoms with Crippen molar-refractivity contribution in [3.8, 4) is 11.3 Å². The van der Waals surface area contributed by atoms with E-state index < -0.39 is 0 Å². The predicted molar refractivity (Wildman–Crippen MR) is 113 cm³/mol. The van der Waals surface area contributed by atoms with Gasteiger partial charge in [0, 0.05) is 56.3 Å². The van der Waals surface area contributed by atoms with Crippen LogP contribution in [-0.2, 0) is 7.05 Å². The SMILES string of the molecule is Cc1cc2ncnc(NCC3CN(c4ccc(-c5ccncc5)nn4)C3)c2n1C. The fourth-order valence-corrected chi connectivity index (χ4v) is 3.73. The second-order valence-electron chi connectivity index (χ2n) is 7.47. The minimum absolute atomic E-state index is 0.544. The van der Waals surface area contributed by atoms with Crippen molar-refractivity contribution in [2.45, 2.75) is 6.92 Å². The van der Waals surface area contributed by atoms with Crippen LogP contribution in [0, 0.1) is 12.8 Å². The van der Waals surface area contributed by atoms with Crippen molar-refractivity contribution in [3.05, 3.63) is 54.7 Å². The van der Waals surface area contributed by atoms with Crippen LogP contribution in [0.25, 0.3) is 22.3 Å². The molecule has 0 atom stereocenters. The molecule has 146 valence electrons. The Labute approximate surface area is 168 Å². The van der Waals surface area contributed by atoms with Gasteiger partial charge in [-0.3, -0.25) is 4.98 Å². The predicted octanol–water partition coefficient (Wildman–Crippen LogP) is 2.68. The number of pyridine rings is 1. The third-order valence-corrected chi connectivity index (χ3v) is 5.53. The number of hydrogen-bond donors (Lipinski definition) is 1. The number of anilines is 2. The molecule has 0 amide bonds. The highest BCUT2D eigenvalue weighted by molar-refractivity contribution is 5.87. The number of nitrogens with zero attached hydrogens (tertiary/aromatic N) is 7. The Kier molecular flexibility index (Phi) is 4.31. The first-order valence-corrected chi connectivity index (χ1v) is 9.69. The number of nitrogens with one attached hydrogen (secondary N) is 1. The summed E-state index contributed by atoms with van der Waals surface area (Å²) in [6.45, 7) is 4.86. The maximum absolute atomic E-state index is 4.44. The minimum Gasteiger partial charge on any atom is -0.368 e. The molecule has 1 fully saturated rings. The average Bonchev–Trinajstić information content (AvgIpc) is 3.02. The van der Waals surface area contributed by atoms with Gasteiger partial charge in [0.15, 0.2) is 11.6 Å². The van der Waals surface area contributed by atoms with E-state index in [0.29, 0.717) is 5.92 Å². The summed E-state index contributed by atoms with van der Waals surface area (Å²) >= 11 is 0. The molecule has 8 nitrogen and oxygen atoms in total. The van der Waals surface area contributed by atoms with Gasteiger partial charge in [-0.25, -0.2) is 9.97 Å². The van der Waals surface area contributed by atoms with Crippen LogP contribution in [0.1, 0.15) is 5.69 Å². The molecule has 5 rings (SSSR count). The zero-order valence-electron chi connectivity index (χ0n) is 16.4. The topological polar surface area (TPSA) is 84.7 Å². The van der Waals surface area contributed by atoms with Crippen LogP contribution in [0.15, 0.2) is 49.1 Å². The van der Waals surface area contributed by atoms with Gasteiger partial charge in [-0.2, -0.15) is 0 Å². The van der Waals surface area contributed by atoms with Crippen molar-refractivity contribution in [2.75, 3.05) is 29.9 Å². The van der Waals surface area contributed by atoms with Crippen LogP contribution in [-0.4, -0.2) is 49.4 Å². The summed E-state index contributed by atoms with van der Waals surface area (Å²) in [7, 11) is 2.05. The molecule has 5 heterocycles. The normalized spacial score (nSPS) is 14.2. The fourth-order valence-electron chi connectivity index (χ4n) is 3.73. The maximum Gasteiger partial charge on any atom is 0.154 e. The number of aromatic nitrogens is 6. The van der Waals surface area contributed by atoms with Gasteiger partial charge >= 0.3 is 0 Å².